The molecule has 0 bridgehead atoms. The van der Waals surface area contributed by atoms with Gasteiger partial charge in [0.25, 0.3) is 0 Å². The van der Waals surface area contributed by atoms with Crippen molar-refractivity contribution in [2.45, 2.75) is 45.1 Å². The number of hydrogen-bond acceptors (Lipinski definition) is 8. The number of rotatable bonds is 8. The van der Waals surface area contributed by atoms with E-state index in [0.29, 0.717) is 42.8 Å². The van der Waals surface area contributed by atoms with E-state index in [1.807, 2.05) is 0 Å². The molecule has 3 N–H and O–H groups in total. The molecule has 1 fully saturated rings. The van der Waals surface area contributed by atoms with E-state index in [0.717, 1.165) is 6.08 Å². The summed E-state index contributed by atoms with van der Waals surface area (Å²) in [5.41, 5.74) is -0.562. The van der Waals surface area contributed by atoms with Crippen molar-refractivity contribution in [1.82, 2.24) is 14.9 Å². The monoisotopic (exact) mass is 584 g/mol. The minimum absolute atomic E-state index is 0.0873. The van der Waals surface area contributed by atoms with Gasteiger partial charge in [0.05, 0.1) is 6.54 Å². The first-order valence-corrected chi connectivity index (χ1v) is 13.1. The first-order valence-electron chi connectivity index (χ1n) is 13.1. The zero-order valence-corrected chi connectivity index (χ0v) is 23.3. The summed E-state index contributed by atoms with van der Waals surface area (Å²) < 4.78 is 52.7. The molecule has 2 heterocycles. The molecule has 222 valence electrons. The zero-order valence-electron chi connectivity index (χ0n) is 23.3. The predicted octanol–water partition coefficient (Wildman–Crippen LogP) is 6.50. The van der Waals surface area contributed by atoms with Gasteiger partial charge in [-0.15, -0.1) is 0 Å². The third-order valence-electron chi connectivity index (χ3n) is 5.86. The predicted molar refractivity (Wildman–Crippen MR) is 152 cm³/mol. The molecule has 1 saturated heterocycles. The van der Waals surface area contributed by atoms with Crippen LogP contribution in [0, 0.1) is 0 Å². The Morgan fingerprint density at radius 3 is 2.43 bits per heavy atom. The van der Waals surface area contributed by atoms with Crippen LogP contribution >= 0.6 is 0 Å². The highest BCUT2D eigenvalue weighted by Crippen LogP contribution is 2.36. The van der Waals surface area contributed by atoms with E-state index in [1.165, 1.54) is 12.1 Å². The van der Waals surface area contributed by atoms with E-state index in [2.05, 4.69) is 32.5 Å². The number of hydrogen-bond donors (Lipinski definition) is 3. The molecule has 2 aromatic carbocycles. The Morgan fingerprint density at radius 2 is 1.74 bits per heavy atom. The van der Waals surface area contributed by atoms with Gasteiger partial charge in [-0.25, -0.2) is 9.78 Å². The number of ether oxygens (including phenoxy) is 2. The number of aromatic nitrogens is 2. The van der Waals surface area contributed by atoms with Crippen molar-refractivity contribution in [3.8, 4) is 5.75 Å². The van der Waals surface area contributed by atoms with Crippen LogP contribution in [-0.4, -0.2) is 51.7 Å². The standard InChI is InChI=1S/C29H31F3N6O4/c1-5-24(39)34-18-8-6-9-19(14-18)35-25-23(29(30,31)32)16-33-26(37-25)36-20-10-7-11-21(15-20)41-22-12-13-38(17-22)27(40)42-28(2,3)4/h5-11,14-16,22H,1,12-13,17H2,2-4H3,(H,34,39)(H2,33,35,36,37)/t22-/m0/s1. The highest BCUT2D eigenvalue weighted by Gasteiger charge is 2.35. The van der Waals surface area contributed by atoms with Gasteiger partial charge in [-0.1, -0.05) is 18.7 Å². The van der Waals surface area contributed by atoms with Gasteiger partial charge in [0.2, 0.25) is 11.9 Å². The quantitative estimate of drug-likeness (QED) is 0.257. The summed E-state index contributed by atoms with van der Waals surface area (Å²) in [5.74, 6) is -0.528. The van der Waals surface area contributed by atoms with E-state index in [-0.39, 0.29) is 17.7 Å². The summed E-state index contributed by atoms with van der Waals surface area (Å²) in [5, 5.41) is 8.13. The highest BCUT2D eigenvalue weighted by molar-refractivity contribution is 5.99. The molecule has 0 radical (unpaired) electrons. The van der Waals surface area contributed by atoms with Crippen LogP contribution in [0.15, 0.2) is 67.4 Å². The van der Waals surface area contributed by atoms with Gasteiger partial charge in [-0.3, -0.25) is 4.79 Å². The summed E-state index contributed by atoms with van der Waals surface area (Å²) in [7, 11) is 0. The van der Waals surface area contributed by atoms with E-state index in [9.17, 15) is 22.8 Å². The second-order valence-electron chi connectivity index (χ2n) is 10.5. The number of anilines is 5. The van der Waals surface area contributed by atoms with E-state index < -0.39 is 35.2 Å². The molecule has 1 atom stereocenters. The Labute approximate surface area is 240 Å². The molecule has 3 aromatic rings. The Kier molecular flexibility index (Phi) is 8.88. The Bertz CT molecular complexity index is 1460. The molecular formula is C29H31F3N6O4. The van der Waals surface area contributed by atoms with E-state index in [1.54, 1.807) is 62.1 Å². The summed E-state index contributed by atoms with van der Waals surface area (Å²) in [4.78, 5) is 33.5. The summed E-state index contributed by atoms with van der Waals surface area (Å²) in [6, 6.07) is 12.9. The number of likely N-dealkylation sites (tertiary alicyclic amines) is 1. The lowest BCUT2D eigenvalue weighted by Crippen LogP contribution is -2.36. The number of nitrogens with one attached hydrogen (secondary N) is 3. The number of amides is 2. The minimum Gasteiger partial charge on any atom is -0.488 e. The number of benzene rings is 2. The maximum atomic E-state index is 13.8. The van der Waals surface area contributed by atoms with Crippen LogP contribution in [0.5, 0.6) is 5.75 Å². The van der Waals surface area contributed by atoms with E-state index >= 15 is 0 Å². The Morgan fingerprint density at radius 1 is 1.05 bits per heavy atom. The van der Waals surface area contributed by atoms with Gasteiger partial charge in [-0.2, -0.15) is 18.2 Å². The van der Waals surface area contributed by atoms with Crippen molar-refractivity contribution >= 4 is 40.8 Å². The SMILES string of the molecule is C=CC(=O)Nc1cccc(Nc2nc(Nc3cccc(O[C@H]4CCN(C(=O)OC(C)(C)C)C4)c3)ncc2C(F)(F)F)c1. The molecule has 0 spiro atoms. The van der Waals surface area contributed by atoms with Gasteiger partial charge in [0, 0.05) is 42.3 Å². The third-order valence-corrected chi connectivity index (χ3v) is 5.86. The summed E-state index contributed by atoms with van der Waals surface area (Å²) in [6.07, 6.45) is -2.99. The molecule has 4 rings (SSSR count). The van der Waals surface area contributed by atoms with Gasteiger partial charge < -0.3 is 30.3 Å². The van der Waals surface area contributed by atoms with Crippen LogP contribution in [0.4, 0.5) is 46.8 Å². The molecule has 13 heteroatoms. The normalized spacial score (nSPS) is 15.1. The molecule has 42 heavy (non-hydrogen) atoms. The van der Waals surface area contributed by atoms with Crippen molar-refractivity contribution < 1.29 is 32.2 Å². The van der Waals surface area contributed by atoms with Crippen molar-refractivity contribution in [2.24, 2.45) is 0 Å². The number of halogens is 3. The van der Waals surface area contributed by atoms with Crippen LogP contribution in [0.25, 0.3) is 0 Å². The van der Waals surface area contributed by atoms with Gasteiger partial charge in [-0.05, 0) is 57.2 Å². The average molecular weight is 585 g/mol. The highest BCUT2D eigenvalue weighted by atomic mass is 19.4. The fourth-order valence-corrected chi connectivity index (χ4v) is 4.03. The molecule has 1 aliphatic heterocycles. The van der Waals surface area contributed by atoms with Crippen molar-refractivity contribution in [1.29, 1.82) is 0 Å². The average Bonchev–Trinajstić information content (AvgIpc) is 3.36. The van der Waals surface area contributed by atoms with Crippen LogP contribution < -0.4 is 20.7 Å². The van der Waals surface area contributed by atoms with Crippen LogP contribution in [0.2, 0.25) is 0 Å². The lowest BCUT2D eigenvalue weighted by molar-refractivity contribution is -0.137. The summed E-state index contributed by atoms with van der Waals surface area (Å²) >= 11 is 0. The molecule has 0 saturated carbocycles. The molecule has 0 aliphatic carbocycles. The lowest BCUT2D eigenvalue weighted by Gasteiger charge is -2.24. The lowest BCUT2D eigenvalue weighted by atomic mass is 10.2. The molecule has 2 amide bonds. The summed E-state index contributed by atoms with van der Waals surface area (Å²) in [6.45, 7) is 9.64. The van der Waals surface area contributed by atoms with Crippen molar-refractivity contribution in [3.05, 3.63) is 72.9 Å². The smallest absolute Gasteiger partial charge is 0.421 e. The molecule has 1 aromatic heterocycles. The minimum atomic E-state index is -4.72. The second-order valence-corrected chi connectivity index (χ2v) is 10.5. The Balaban J connectivity index is 1.47. The maximum Gasteiger partial charge on any atom is 0.421 e. The molecule has 1 aliphatic rings. The fourth-order valence-electron chi connectivity index (χ4n) is 4.03. The first-order chi connectivity index (χ1) is 19.8. The molecular weight excluding hydrogens is 553 g/mol. The number of nitrogens with zero attached hydrogens (tertiary/aromatic N) is 3. The maximum absolute atomic E-state index is 13.8. The third kappa shape index (κ3) is 8.35. The van der Waals surface area contributed by atoms with Crippen LogP contribution in [0.3, 0.4) is 0 Å². The fraction of sp³-hybridized carbons (Fsp3) is 0.310. The molecule has 10 nitrogen and oxygen atoms in total. The van der Waals surface area contributed by atoms with Crippen molar-refractivity contribution in [3.63, 3.8) is 0 Å². The topological polar surface area (TPSA) is 118 Å². The second kappa shape index (κ2) is 12.4. The van der Waals surface area contributed by atoms with E-state index in [4.69, 9.17) is 9.47 Å². The first kappa shape index (κ1) is 30.2. The van der Waals surface area contributed by atoms with Crippen LogP contribution in [-0.2, 0) is 15.7 Å². The Hall–Kier alpha value is -4.81. The van der Waals surface area contributed by atoms with Gasteiger partial charge in [0.15, 0.2) is 0 Å². The van der Waals surface area contributed by atoms with Crippen molar-refractivity contribution in [2.75, 3.05) is 29.0 Å². The largest absolute Gasteiger partial charge is 0.488 e. The van der Waals surface area contributed by atoms with Gasteiger partial charge >= 0.3 is 12.3 Å². The molecule has 0 unspecified atom stereocenters. The number of carbonyl (C=O) groups excluding carboxylic acids is 2. The number of alkyl halides is 3. The zero-order chi connectivity index (χ0) is 30.5. The van der Waals surface area contributed by atoms with Crippen LogP contribution in [0.1, 0.15) is 32.8 Å². The van der Waals surface area contributed by atoms with Gasteiger partial charge in [0.1, 0.15) is 28.8 Å². The number of carbonyl (C=O) groups is 2.